The highest BCUT2D eigenvalue weighted by molar-refractivity contribution is 7.92. The van der Waals surface area contributed by atoms with Crippen molar-refractivity contribution in [1.82, 2.24) is 10.2 Å². The molecule has 0 radical (unpaired) electrons. The molecule has 0 saturated carbocycles. The summed E-state index contributed by atoms with van der Waals surface area (Å²) in [5, 5.41) is 3.89. The molecule has 1 atom stereocenters. The summed E-state index contributed by atoms with van der Waals surface area (Å²) >= 11 is 19.5. The molecule has 0 spiro atoms. The van der Waals surface area contributed by atoms with Crippen LogP contribution in [-0.2, 0) is 32.6 Å². The lowest BCUT2D eigenvalue weighted by Gasteiger charge is -2.34. The summed E-state index contributed by atoms with van der Waals surface area (Å²) in [5.74, 6) is -0.859. The van der Waals surface area contributed by atoms with Crippen molar-refractivity contribution < 1.29 is 18.0 Å². The Labute approximate surface area is 292 Å². The number of hydrogen-bond acceptors (Lipinski definition) is 4. The Morgan fingerprint density at radius 1 is 0.830 bits per heavy atom. The first-order valence-electron chi connectivity index (χ1n) is 15.2. The molecule has 0 fully saturated rings. The molecule has 47 heavy (non-hydrogen) atoms. The molecule has 4 aromatic carbocycles. The van der Waals surface area contributed by atoms with E-state index < -0.39 is 28.5 Å². The number of carbonyl (C=O) groups is 2. The Balaban J connectivity index is 1.86. The lowest BCUT2D eigenvalue weighted by atomic mass is 10.0. The van der Waals surface area contributed by atoms with E-state index >= 15 is 0 Å². The van der Waals surface area contributed by atoms with Gasteiger partial charge in [-0.2, -0.15) is 0 Å². The Morgan fingerprint density at radius 3 is 2.09 bits per heavy atom. The zero-order valence-electron chi connectivity index (χ0n) is 26.7. The van der Waals surface area contributed by atoms with Crippen LogP contribution in [-0.4, -0.2) is 44.3 Å². The van der Waals surface area contributed by atoms with Crippen molar-refractivity contribution in [3.05, 3.63) is 128 Å². The number of amides is 2. The number of carbonyl (C=O) groups excluding carboxylic acids is 2. The highest BCUT2D eigenvalue weighted by atomic mass is 35.5. The van der Waals surface area contributed by atoms with Crippen LogP contribution in [0.4, 0.5) is 5.69 Å². The number of nitrogens with one attached hydrogen (secondary N) is 1. The number of aryl methyl sites for hydroxylation is 2. The minimum atomic E-state index is -4.28. The fourth-order valence-corrected chi connectivity index (χ4v) is 7.19. The van der Waals surface area contributed by atoms with Crippen LogP contribution in [0.1, 0.15) is 36.1 Å². The summed E-state index contributed by atoms with van der Waals surface area (Å²) in [4.78, 5) is 30.0. The molecule has 248 valence electrons. The Hall–Kier alpha value is -3.56. The Bertz CT molecular complexity index is 1800. The van der Waals surface area contributed by atoms with E-state index in [2.05, 4.69) is 5.32 Å². The lowest BCUT2D eigenvalue weighted by molar-refractivity contribution is -0.140. The third kappa shape index (κ3) is 9.29. The van der Waals surface area contributed by atoms with Crippen LogP contribution >= 0.6 is 34.8 Å². The van der Waals surface area contributed by atoms with Gasteiger partial charge in [0.05, 0.1) is 10.6 Å². The molecule has 0 aliphatic carbocycles. The van der Waals surface area contributed by atoms with Crippen LogP contribution in [0.25, 0.3) is 0 Å². The van der Waals surface area contributed by atoms with Gasteiger partial charge in [-0.05, 0) is 67.3 Å². The quantitative estimate of drug-likeness (QED) is 0.153. The number of rotatable bonds is 13. The van der Waals surface area contributed by atoms with Gasteiger partial charge in [0.25, 0.3) is 10.0 Å². The fraction of sp³-hybridized carbons (Fsp3) is 0.278. The van der Waals surface area contributed by atoms with E-state index in [4.69, 9.17) is 34.8 Å². The van der Waals surface area contributed by atoms with E-state index in [1.54, 1.807) is 49.4 Å². The SMILES string of the molecule is Cc1ccc(S(=O)(=O)N(CC(=O)N(Cc2c(Cl)cccc2Cl)C(Cc2ccccc2)C(=O)NCC(C)C)c2cc(Cl)ccc2C)cc1. The minimum Gasteiger partial charge on any atom is -0.354 e. The van der Waals surface area contributed by atoms with Crippen molar-refractivity contribution in [3.63, 3.8) is 0 Å². The van der Waals surface area contributed by atoms with Gasteiger partial charge in [-0.3, -0.25) is 13.9 Å². The summed E-state index contributed by atoms with van der Waals surface area (Å²) in [6.45, 7) is 7.16. The van der Waals surface area contributed by atoms with Crippen LogP contribution in [0, 0.1) is 19.8 Å². The molecule has 0 bridgehead atoms. The van der Waals surface area contributed by atoms with Gasteiger partial charge >= 0.3 is 0 Å². The zero-order valence-corrected chi connectivity index (χ0v) is 29.8. The predicted octanol–water partition coefficient (Wildman–Crippen LogP) is 7.87. The van der Waals surface area contributed by atoms with E-state index in [-0.39, 0.29) is 35.4 Å². The first-order valence-corrected chi connectivity index (χ1v) is 17.7. The molecular formula is C36H38Cl3N3O4S. The zero-order chi connectivity index (χ0) is 34.3. The molecule has 2 amide bonds. The number of halogens is 3. The first-order chi connectivity index (χ1) is 22.3. The summed E-state index contributed by atoms with van der Waals surface area (Å²) in [6, 6.07) is 24.5. The maximum atomic E-state index is 14.7. The normalized spacial score (nSPS) is 12.1. The number of sulfonamides is 1. The molecule has 4 rings (SSSR count). The van der Waals surface area contributed by atoms with E-state index in [0.29, 0.717) is 32.7 Å². The van der Waals surface area contributed by atoms with Crippen LogP contribution in [0.3, 0.4) is 0 Å². The maximum absolute atomic E-state index is 14.7. The van der Waals surface area contributed by atoms with Crippen molar-refractivity contribution in [2.75, 3.05) is 17.4 Å². The maximum Gasteiger partial charge on any atom is 0.264 e. The number of nitrogens with zero attached hydrogens (tertiary/aromatic N) is 2. The van der Waals surface area contributed by atoms with Crippen LogP contribution in [0.2, 0.25) is 15.1 Å². The Kier molecular flexibility index (Phi) is 12.4. The predicted molar refractivity (Wildman–Crippen MR) is 191 cm³/mol. The van der Waals surface area contributed by atoms with Gasteiger partial charge in [-0.25, -0.2) is 8.42 Å². The summed E-state index contributed by atoms with van der Waals surface area (Å²) < 4.78 is 29.6. The van der Waals surface area contributed by atoms with Crippen molar-refractivity contribution in [1.29, 1.82) is 0 Å². The minimum absolute atomic E-state index is 0.00601. The van der Waals surface area contributed by atoms with Crippen LogP contribution < -0.4 is 9.62 Å². The highest BCUT2D eigenvalue weighted by Gasteiger charge is 2.35. The summed E-state index contributed by atoms with van der Waals surface area (Å²) in [6.07, 6.45) is 0.166. The molecule has 0 heterocycles. The molecule has 11 heteroatoms. The molecule has 1 N–H and O–H groups in total. The monoisotopic (exact) mass is 713 g/mol. The smallest absolute Gasteiger partial charge is 0.264 e. The average Bonchev–Trinajstić information content (AvgIpc) is 3.03. The first kappa shape index (κ1) is 36.3. The molecule has 4 aromatic rings. The molecule has 7 nitrogen and oxygen atoms in total. The van der Waals surface area contributed by atoms with Crippen molar-refractivity contribution in [2.45, 2.75) is 51.6 Å². The second kappa shape index (κ2) is 16.0. The lowest BCUT2D eigenvalue weighted by Crippen LogP contribution is -2.54. The van der Waals surface area contributed by atoms with Gasteiger partial charge < -0.3 is 10.2 Å². The molecule has 0 aliphatic heterocycles. The van der Waals surface area contributed by atoms with Gasteiger partial charge in [0, 0.05) is 40.1 Å². The average molecular weight is 715 g/mol. The van der Waals surface area contributed by atoms with Gasteiger partial charge in [-0.1, -0.05) is 109 Å². The van der Waals surface area contributed by atoms with Crippen molar-refractivity contribution in [3.8, 4) is 0 Å². The second-order valence-corrected chi connectivity index (χ2v) is 14.9. The third-order valence-electron chi connectivity index (χ3n) is 7.67. The molecule has 0 saturated heterocycles. The van der Waals surface area contributed by atoms with E-state index in [1.165, 1.54) is 23.1 Å². The summed E-state index contributed by atoms with van der Waals surface area (Å²) in [5.41, 5.74) is 2.96. The van der Waals surface area contributed by atoms with Gasteiger partial charge in [0.15, 0.2) is 0 Å². The third-order valence-corrected chi connectivity index (χ3v) is 10.4. The van der Waals surface area contributed by atoms with Gasteiger partial charge in [-0.15, -0.1) is 0 Å². The standard InChI is InChI=1S/C36H38Cl3N3O4S/c1-24(2)21-40-36(44)34(19-27-9-6-5-7-10-27)41(22-30-31(38)11-8-12-32(30)39)35(43)23-42(33-20-28(37)16-15-26(33)4)47(45,46)29-17-13-25(3)14-18-29/h5-18,20,24,34H,19,21-23H2,1-4H3,(H,40,44). The second-order valence-electron chi connectivity index (χ2n) is 11.8. The van der Waals surface area contributed by atoms with Crippen molar-refractivity contribution >= 4 is 62.3 Å². The van der Waals surface area contributed by atoms with E-state index in [9.17, 15) is 18.0 Å². The highest BCUT2D eigenvalue weighted by Crippen LogP contribution is 2.31. The topological polar surface area (TPSA) is 86.8 Å². The van der Waals surface area contributed by atoms with E-state index in [1.807, 2.05) is 51.1 Å². The molecule has 1 unspecified atom stereocenters. The fourth-order valence-electron chi connectivity index (χ4n) is 5.03. The van der Waals surface area contributed by atoms with E-state index in [0.717, 1.165) is 15.4 Å². The van der Waals surface area contributed by atoms with Crippen LogP contribution in [0.5, 0.6) is 0 Å². The largest absolute Gasteiger partial charge is 0.354 e. The van der Waals surface area contributed by atoms with Gasteiger partial charge in [0.1, 0.15) is 12.6 Å². The number of benzene rings is 4. The Morgan fingerprint density at radius 2 is 1.47 bits per heavy atom. The molecular weight excluding hydrogens is 677 g/mol. The number of anilines is 1. The van der Waals surface area contributed by atoms with Gasteiger partial charge in [0.2, 0.25) is 11.8 Å². The number of hydrogen-bond donors (Lipinski definition) is 1. The summed E-state index contributed by atoms with van der Waals surface area (Å²) in [7, 11) is -4.28. The molecule has 0 aromatic heterocycles. The van der Waals surface area contributed by atoms with Crippen LogP contribution in [0.15, 0.2) is 95.9 Å². The van der Waals surface area contributed by atoms with Crippen molar-refractivity contribution in [2.24, 2.45) is 5.92 Å². The molecule has 0 aliphatic rings.